The molecule has 0 atom stereocenters. The van der Waals surface area contributed by atoms with Crippen LogP contribution in [-0.4, -0.2) is 38.3 Å². The molecule has 1 fully saturated rings. The van der Waals surface area contributed by atoms with Gasteiger partial charge in [0.2, 0.25) is 0 Å². The Labute approximate surface area is 118 Å². The summed E-state index contributed by atoms with van der Waals surface area (Å²) in [6.45, 7) is 4.16. The van der Waals surface area contributed by atoms with Crippen molar-refractivity contribution >= 4 is 11.7 Å². The number of anilines is 1. The summed E-state index contributed by atoms with van der Waals surface area (Å²) in [5, 5.41) is 22.5. The van der Waals surface area contributed by atoms with E-state index in [1.165, 1.54) is 6.20 Å². The van der Waals surface area contributed by atoms with Gasteiger partial charge in [0.15, 0.2) is 5.69 Å². The average molecular weight is 279 g/mol. The summed E-state index contributed by atoms with van der Waals surface area (Å²) < 4.78 is 0. The zero-order chi connectivity index (χ0) is 14.8. The summed E-state index contributed by atoms with van der Waals surface area (Å²) in [7, 11) is 0. The van der Waals surface area contributed by atoms with Crippen molar-refractivity contribution in [1.29, 1.82) is 0 Å². The van der Waals surface area contributed by atoms with E-state index >= 15 is 0 Å². The van der Waals surface area contributed by atoms with Crippen molar-refractivity contribution in [3.05, 3.63) is 17.7 Å². The Kier molecular flexibility index (Phi) is 4.23. The highest BCUT2D eigenvalue weighted by molar-refractivity contribution is 5.91. The van der Waals surface area contributed by atoms with Crippen LogP contribution in [-0.2, 0) is 0 Å². The van der Waals surface area contributed by atoms with Crippen molar-refractivity contribution in [2.75, 3.05) is 11.9 Å². The van der Waals surface area contributed by atoms with Crippen molar-refractivity contribution < 1.29 is 15.0 Å². The molecule has 1 aromatic rings. The number of carboxylic acids is 1. The van der Waals surface area contributed by atoms with Crippen molar-refractivity contribution in [1.82, 2.24) is 9.97 Å². The zero-order valence-electron chi connectivity index (χ0n) is 11.9. The molecule has 1 heterocycles. The minimum atomic E-state index is -1.09. The van der Waals surface area contributed by atoms with E-state index in [0.29, 0.717) is 18.1 Å². The van der Waals surface area contributed by atoms with Gasteiger partial charge in [-0.1, -0.05) is 26.7 Å². The van der Waals surface area contributed by atoms with E-state index in [9.17, 15) is 15.0 Å². The first-order valence-corrected chi connectivity index (χ1v) is 6.98. The van der Waals surface area contributed by atoms with Crippen molar-refractivity contribution in [2.45, 2.75) is 51.0 Å². The molecule has 0 aromatic carbocycles. The highest BCUT2D eigenvalue weighted by Gasteiger charge is 2.31. The van der Waals surface area contributed by atoms with Gasteiger partial charge in [-0.2, -0.15) is 0 Å². The van der Waals surface area contributed by atoms with Crippen molar-refractivity contribution in [3.8, 4) is 0 Å². The summed E-state index contributed by atoms with van der Waals surface area (Å²) in [6.07, 6.45) is 4.99. The van der Waals surface area contributed by atoms with E-state index < -0.39 is 11.6 Å². The van der Waals surface area contributed by atoms with Gasteiger partial charge in [-0.3, -0.25) is 0 Å². The SMILES string of the molecule is CC(C)c1ncc(NCC2(O)CCCC2)c(C(=O)O)n1. The van der Waals surface area contributed by atoms with Crippen LogP contribution in [0.3, 0.4) is 0 Å². The predicted octanol–water partition coefficient (Wildman–Crippen LogP) is 2.02. The summed E-state index contributed by atoms with van der Waals surface area (Å²) in [5.41, 5.74) is -0.417. The number of nitrogens with zero attached hydrogens (tertiary/aromatic N) is 2. The molecule has 3 N–H and O–H groups in total. The largest absolute Gasteiger partial charge is 0.476 e. The molecule has 0 saturated heterocycles. The molecule has 0 unspecified atom stereocenters. The highest BCUT2D eigenvalue weighted by Crippen LogP contribution is 2.30. The maximum atomic E-state index is 11.3. The lowest BCUT2D eigenvalue weighted by atomic mass is 10.0. The van der Waals surface area contributed by atoms with E-state index in [-0.39, 0.29) is 11.6 Å². The van der Waals surface area contributed by atoms with Crippen LogP contribution in [0.4, 0.5) is 5.69 Å². The van der Waals surface area contributed by atoms with Crippen LogP contribution >= 0.6 is 0 Å². The molecule has 1 aromatic heterocycles. The molecule has 0 bridgehead atoms. The Balaban J connectivity index is 2.16. The summed E-state index contributed by atoms with van der Waals surface area (Å²) in [6, 6.07) is 0. The Bertz CT molecular complexity index is 496. The first kappa shape index (κ1) is 14.7. The molecule has 6 heteroatoms. The lowest BCUT2D eigenvalue weighted by Crippen LogP contribution is -2.34. The van der Waals surface area contributed by atoms with Crippen LogP contribution in [0.25, 0.3) is 0 Å². The first-order valence-electron chi connectivity index (χ1n) is 6.98. The molecule has 0 spiro atoms. The summed E-state index contributed by atoms with van der Waals surface area (Å²) >= 11 is 0. The second kappa shape index (κ2) is 5.75. The fraction of sp³-hybridized carbons (Fsp3) is 0.643. The molecule has 20 heavy (non-hydrogen) atoms. The van der Waals surface area contributed by atoms with Crippen molar-refractivity contribution in [2.24, 2.45) is 0 Å². The van der Waals surface area contributed by atoms with E-state index in [4.69, 9.17) is 0 Å². The van der Waals surface area contributed by atoms with Crippen molar-refractivity contribution in [3.63, 3.8) is 0 Å². The summed E-state index contributed by atoms with van der Waals surface area (Å²) in [5.74, 6) is -0.510. The Morgan fingerprint density at radius 1 is 1.45 bits per heavy atom. The summed E-state index contributed by atoms with van der Waals surface area (Å²) in [4.78, 5) is 19.5. The Hall–Kier alpha value is -1.69. The number of aliphatic hydroxyl groups is 1. The molecule has 1 aliphatic rings. The molecule has 0 aliphatic heterocycles. The number of rotatable bonds is 5. The third kappa shape index (κ3) is 3.25. The minimum Gasteiger partial charge on any atom is -0.476 e. The van der Waals surface area contributed by atoms with Gasteiger partial charge in [0, 0.05) is 12.5 Å². The number of aromatic carboxylic acids is 1. The Morgan fingerprint density at radius 2 is 2.10 bits per heavy atom. The van der Waals surface area contributed by atoms with Gasteiger partial charge in [0.25, 0.3) is 0 Å². The monoisotopic (exact) mass is 279 g/mol. The van der Waals surface area contributed by atoms with Gasteiger partial charge >= 0.3 is 5.97 Å². The first-order chi connectivity index (χ1) is 9.41. The fourth-order valence-corrected chi connectivity index (χ4v) is 2.44. The van der Waals surface area contributed by atoms with Gasteiger partial charge < -0.3 is 15.5 Å². The smallest absolute Gasteiger partial charge is 0.356 e. The van der Waals surface area contributed by atoms with Crippen LogP contribution in [0.15, 0.2) is 6.20 Å². The quantitative estimate of drug-likeness (QED) is 0.763. The molecule has 1 saturated carbocycles. The van der Waals surface area contributed by atoms with E-state index in [0.717, 1.165) is 25.7 Å². The van der Waals surface area contributed by atoms with Gasteiger partial charge in [-0.25, -0.2) is 14.8 Å². The molecule has 0 radical (unpaired) electrons. The normalized spacial score (nSPS) is 17.4. The molecule has 2 rings (SSSR count). The third-order valence-corrected chi connectivity index (χ3v) is 3.67. The second-order valence-electron chi connectivity index (χ2n) is 5.74. The zero-order valence-corrected chi connectivity index (χ0v) is 11.9. The maximum Gasteiger partial charge on any atom is 0.356 e. The molecule has 1 aliphatic carbocycles. The van der Waals surface area contributed by atoms with Crippen LogP contribution in [0, 0.1) is 0 Å². The van der Waals surface area contributed by atoms with Gasteiger partial charge in [0.1, 0.15) is 5.82 Å². The van der Waals surface area contributed by atoms with E-state index in [2.05, 4.69) is 15.3 Å². The molecular formula is C14H21N3O3. The number of aromatic nitrogens is 2. The maximum absolute atomic E-state index is 11.3. The number of carboxylic acid groups (broad SMARTS) is 1. The lowest BCUT2D eigenvalue weighted by molar-refractivity contribution is 0.0609. The van der Waals surface area contributed by atoms with E-state index in [1.807, 2.05) is 13.8 Å². The molecule has 6 nitrogen and oxygen atoms in total. The lowest BCUT2D eigenvalue weighted by Gasteiger charge is -2.23. The van der Waals surface area contributed by atoms with Crippen LogP contribution < -0.4 is 5.32 Å². The molecule has 110 valence electrons. The second-order valence-corrected chi connectivity index (χ2v) is 5.74. The van der Waals surface area contributed by atoms with Gasteiger partial charge in [-0.15, -0.1) is 0 Å². The van der Waals surface area contributed by atoms with Crippen LogP contribution in [0.5, 0.6) is 0 Å². The Morgan fingerprint density at radius 3 is 2.65 bits per heavy atom. The number of nitrogens with one attached hydrogen (secondary N) is 1. The van der Waals surface area contributed by atoms with Gasteiger partial charge in [-0.05, 0) is 12.8 Å². The van der Waals surface area contributed by atoms with Crippen LogP contribution in [0.2, 0.25) is 0 Å². The van der Waals surface area contributed by atoms with Gasteiger partial charge in [0.05, 0.1) is 17.5 Å². The predicted molar refractivity (Wildman–Crippen MR) is 75.0 cm³/mol. The van der Waals surface area contributed by atoms with E-state index in [1.54, 1.807) is 0 Å². The number of hydrogen-bond donors (Lipinski definition) is 3. The topological polar surface area (TPSA) is 95.3 Å². The number of hydrogen-bond acceptors (Lipinski definition) is 5. The fourth-order valence-electron chi connectivity index (χ4n) is 2.44. The van der Waals surface area contributed by atoms with Crippen LogP contribution in [0.1, 0.15) is 61.8 Å². The standard InChI is InChI=1S/C14H21N3O3/c1-9(2)12-15-7-10(11(17-12)13(18)19)16-8-14(20)5-3-4-6-14/h7,9,16,20H,3-6,8H2,1-2H3,(H,18,19). The highest BCUT2D eigenvalue weighted by atomic mass is 16.4. The third-order valence-electron chi connectivity index (χ3n) is 3.67. The minimum absolute atomic E-state index is 0.0368. The average Bonchev–Trinajstić information content (AvgIpc) is 2.83. The molecular weight excluding hydrogens is 258 g/mol. The molecule has 0 amide bonds. The number of carbonyl (C=O) groups is 1.